The summed E-state index contributed by atoms with van der Waals surface area (Å²) in [5.74, 6) is 0.801. The maximum absolute atomic E-state index is 11.8. The summed E-state index contributed by atoms with van der Waals surface area (Å²) in [4.78, 5) is 11.8. The highest BCUT2D eigenvalue weighted by Crippen LogP contribution is 2.37. The molecule has 1 saturated carbocycles. The molecular weight excluding hydrogens is 272 g/mol. The molecule has 0 aliphatic heterocycles. The SMILES string of the molecule is CCC1CCC(NC)C(Sc2n[nH]c(=O)n2C(C)C)C1. The van der Waals surface area contributed by atoms with Gasteiger partial charge in [0.15, 0.2) is 5.16 Å². The van der Waals surface area contributed by atoms with E-state index >= 15 is 0 Å². The second-order valence-electron chi connectivity index (χ2n) is 5.91. The van der Waals surface area contributed by atoms with Gasteiger partial charge >= 0.3 is 5.69 Å². The lowest BCUT2D eigenvalue weighted by molar-refractivity contribution is 0.304. The quantitative estimate of drug-likeness (QED) is 0.876. The minimum atomic E-state index is -0.105. The first-order valence-corrected chi connectivity index (χ1v) is 8.45. The Bertz CT molecular complexity index is 482. The molecule has 1 aromatic heterocycles. The Morgan fingerprint density at radius 2 is 2.25 bits per heavy atom. The predicted molar refractivity (Wildman–Crippen MR) is 83.4 cm³/mol. The Labute approximate surface area is 124 Å². The fraction of sp³-hybridized carbons (Fsp3) is 0.857. The van der Waals surface area contributed by atoms with Crippen LogP contribution in [0, 0.1) is 5.92 Å². The monoisotopic (exact) mass is 298 g/mol. The summed E-state index contributed by atoms with van der Waals surface area (Å²) in [5.41, 5.74) is -0.105. The zero-order valence-corrected chi connectivity index (χ0v) is 13.7. The maximum atomic E-state index is 11.8. The molecule has 0 amide bonds. The molecule has 1 fully saturated rings. The number of aromatic amines is 1. The molecule has 2 N–H and O–H groups in total. The summed E-state index contributed by atoms with van der Waals surface area (Å²) >= 11 is 1.75. The number of hydrogen-bond donors (Lipinski definition) is 2. The van der Waals surface area contributed by atoms with Crippen LogP contribution in [-0.2, 0) is 0 Å². The van der Waals surface area contributed by atoms with Crippen LogP contribution in [-0.4, -0.2) is 33.1 Å². The molecule has 1 aliphatic carbocycles. The Kier molecular flexibility index (Phi) is 5.32. The summed E-state index contributed by atoms with van der Waals surface area (Å²) in [7, 11) is 2.03. The summed E-state index contributed by atoms with van der Waals surface area (Å²) in [6.45, 7) is 6.31. The van der Waals surface area contributed by atoms with Crippen molar-refractivity contribution < 1.29 is 0 Å². The average molecular weight is 298 g/mol. The van der Waals surface area contributed by atoms with Gasteiger partial charge in [-0.3, -0.25) is 4.57 Å². The molecular formula is C14H26N4OS. The van der Waals surface area contributed by atoms with E-state index in [-0.39, 0.29) is 11.7 Å². The van der Waals surface area contributed by atoms with Crippen molar-refractivity contribution in [3.8, 4) is 0 Å². The first-order chi connectivity index (χ1) is 9.56. The average Bonchev–Trinajstić information content (AvgIpc) is 2.79. The van der Waals surface area contributed by atoms with Gasteiger partial charge in [-0.1, -0.05) is 25.1 Å². The first-order valence-electron chi connectivity index (χ1n) is 7.57. The maximum Gasteiger partial charge on any atom is 0.344 e. The summed E-state index contributed by atoms with van der Waals surface area (Å²) < 4.78 is 1.76. The van der Waals surface area contributed by atoms with Crippen molar-refractivity contribution in [2.45, 2.75) is 68.9 Å². The normalized spacial score (nSPS) is 27.1. The fourth-order valence-corrected chi connectivity index (χ4v) is 4.59. The summed E-state index contributed by atoms with van der Waals surface area (Å²) in [6, 6.07) is 0.651. The molecule has 3 atom stereocenters. The van der Waals surface area contributed by atoms with Gasteiger partial charge in [0.25, 0.3) is 0 Å². The van der Waals surface area contributed by atoms with Crippen molar-refractivity contribution in [2.24, 2.45) is 5.92 Å². The van der Waals surface area contributed by atoms with Gasteiger partial charge in [0.2, 0.25) is 0 Å². The smallest absolute Gasteiger partial charge is 0.316 e. The Hall–Kier alpha value is -0.750. The van der Waals surface area contributed by atoms with Crippen molar-refractivity contribution in [2.75, 3.05) is 7.05 Å². The molecule has 20 heavy (non-hydrogen) atoms. The standard InChI is InChI=1S/C14H26N4OS/c1-5-10-6-7-11(15-4)12(8-10)20-14-17-16-13(19)18(14)9(2)3/h9-12,15H,5-8H2,1-4H3,(H,16,19). The number of nitrogens with zero attached hydrogens (tertiary/aromatic N) is 2. The Balaban J connectivity index is 2.16. The molecule has 0 aromatic carbocycles. The van der Waals surface area contributed by atoms with E-state index in [1.165, 1.54) is 25.7 Å². The van der Waals surface area contributed by atoms with Crippen LogP contribution in [0.4, 0.5) is 0 Å². The van der Waals surface area contributed by atoms with E-state index < -0.39 is 0 Å². The lowest BCUT2D eigenvalue weighted by atomic mass is 9.84. The third kappa shape index (κ3) is 3.28. The van der Waals surface area contributed by atoms with Crippen LogP contribution in [0.15, 0.2) is 9.95 Å². The molecule has 3 unspecified atom stereocenters. The lowest BCUT2D eigenvalue weighted by Crippen LogP contribution is -2.41. The zero-order valence-electron chi connectivity index (χ0n) is 12.8. The highest BCUT2D eigenvalue weighted by molar-refractivity contribution is 7.99. The molecule has 1 aromatic rings. The van der Waals surface area contributed by atoms with Gasteiger partial charge in [-0.2, -0.15) is 0 Å². The Morgan fingerprint density at radius 1 is 1.50 bits per heavy atom. The molecule has 114 valence electrons. The minimum Gasteiger partial charge on any atom is -0.316 e. The van der Waals surface area contributed by atoms with Crippen molar-refractivity contribution in [3.63, 3.8) is 0 Å². The van der Waals surface area contributed by atoms with Crippen LogP contribution < -0.4 is 11.0 Å². The van der Waals surface area contributed by atoms with Crippen LogP contribution in [0.2, 0.25) is 0 Å². The number of aromatic nitrogens is 3. The minimum absolute atomic E-state index is 0.105. The van der Waals surface area contributed by atoms with E-state index in [0.717, 1.165) is 11.1 Å². The molecule has 1 heterocycles. The van der Waals surface area contributed by atoms with Gasteiger partial charge in [0.05, 0.1) is 0 Å². The number of rotatable bonds is 5. The van der Waals surface area contributed by atoms with Gasteiger partial charge in [0.1, 0.15) is 0 Å². The molecule has 2 rings (SSSR count). The topological polar surface area (TPSA) is 62.7 Å². The highest BCUT2D eigenvalue weighted by atomic mass is 32.2. The van der Waals surface area contributed by atoms with Crippen LogP contribution >= 0.6 is 11.8 Å². The second kappa shape index (κ2) is 6.80. The van der Waals surface area contributed by atoms with Crippen LogP contribution in [0.25, 0.3) is 0 Å². The fourth-order valence-electron chi connectivity index (χ4n) is 3.01. The zero-order chi connectivity index (χ0) is 14.7. The van der Waals surface area contributed by atoms with E-state index in [0.29, 0.717) is 11.3 Å². The molecule has 1 aliphatic rings. The van der Waals surface area contributed by atoms with Crippen LogP contribution in [0.3, 0.4) is 0 Å². The van der Waals surface area contributed by atoms with Crippen molar-refractivity contribution >= 4 is 11.8 Å². The van der Waals surface area contributed by atoms with Crippen molar-refractivity contribution in [1.29, 1.82) is 0 Å². The van der Waals surface area contributed by atoms with E-state index in [4.69, 9.17) is 0 Å². The molecule has 0 bridgehead atoms. The molecule has 0 radical (unpaired) electrons. The van der Waals surface area contributed by atoms with Gasteiger partial charge in [-0.25, -0.2) is 9.89 Å². The van der Waals surface area contributed by atoms with Crippen molar-refractivity contribution in [3.05, 3.63) is 10.5 Å². The van der Waals surface area contributed by atoms with Crippen LogP contribution in [0.1, 0.15) is 52.5 Å². The molecule has 6 heteroatoms. The summed E-state index contributed by atoms with van der Waals surface area (Å²) in [6.07, 6.45) is 4.95. The number of thioether (sulfide) groups is 1. The largest absolute Gasteiger partial charge is 0.344 e. The number of hydrogen-bond acceptors (Lipinski definition) is 4. The number of nitrogens with one attached hydrogen (secondary N) is 2. The Morgan fingerprint density at radius 3 is 2.85 bits per heavy atom. The molecule has 0 saturated heterocycles. The van der Waals surface area contributed by atoms with Gasteiger partial charge in [-0.05, 0) is 46.1 Å². The third-order valence-electron chi connectivity index (χ3n) is 4.29. The first kappa shape index (κ1) is 15.6. The van der Waals surface area contributed by atoms with Gasteiger partial charge in [-0.15, -0.1) is 5.10 Å². The number of H-pyrrole nitrogens is 1. The third-order valence-corrected chi connectivity index (χ3v) is 5.62. The second-order valence-corrected chi connectivity index (χ2v) is 7.12. The van der Waals surface area contributed by atoms with Gasteiger partial charge < -0.3 is 5.32 Å². The lowest BCUT2D eigenvalue weighted by Gasteiger charge is -2.35. The van der Waals surface area contributed by atoms with E-state index in [9.17, 15) is 4.79 Å². The van der Waals surface area contributed by atoms with Crippen molar-refractivity contribution in [1.82, 2.24) is 20.1 Å². The van der Waals surface area contributed by atoms with Gasteiger partial charge in [0, 0.05) is 17.3 Å². The molecule has 5 nitrogen and oxygen atoms in total. The predicted octanol–water partition coefficient (Wildman–Crippen LogP) is 2.41. The van der Waals surface area contributed by atoms with E-state index in [2.05, 4.69) is 22.4 Å². The summed E-state index contributed by atoms with van der Waals surface area (Å²) in [5, 5.41) is 11.5. The highest BCUT2D eigenvalue weighted by Gasteiger charge is 2.31. The van der Waals surface area contributed by atoms with Crippen LogP contribution in [0.5, 0.6) is 0 Å². The van der Waals surface area contributed by atoms with E-state index in [1.54, 1.807) is 16.3 Å². The van der Waals surface area contributed by atoms with E-state index in [1.807, 2.05) is 20.9 Å². The molecule has 0 spiro atoms.